The third-order valence-corrected chi connectivity index (χ3v) is 7.06. The van der Waals surface area contributed by atoms with Gasteiger partial charge in [-0.3, -0.25) is 5.10 Å². The molecule has 4 rings (SSSR count). The van der Waals surface area contributed by atoms with Gasteiger partial charge < -0.3 is 19.1 Å². The summed E-state index contributed by atoms with van der Waals surface area (Å²) in [5.41, 5.74) is 3.51. The number of piperidine rings is 1. The number of benzene rings is 1. The fourth-order valence-electron chi connectivity index (χ4n) is 5.38. The van der Waals surface area contributed by atoms with Crippen LogP contribution in [0.1, 0.15) is 67.2 Å². The molecule has 1 aliphatic heterocycles. The maximum atomic E-state index is 12.6. The summed E-state index contributed by atoms with van der Waals surface area (Å²) in [6.45, 7) is 1.69. The zero-order valence-corrected chi connectivity index (χ0v) is 19.2. The number of nitrogens with one attached hydrogen (secondary N) is 1. The van der Waals surface area contributed by atoms with Crippen molar-refractivity contribution < 1.29 is 19.0 Å². The number of hydrogen-bond donors (Lipinski definition) is 1. The molecule has 1 unspecified atom stereocenters. The molecule has 7 heteroatoms. The molecule has 2 heterocycles. The third kappa shape index (κ3) is 5.15. The number of rotatable bonds is 7. The molecule has 0 spiro atoms. The number of ether oxygens (including phenoxy) is 3. The number of likely N-dealkylation sites (tertiary alicyclic amines) is 1. The molecule has 1 aliphatic carbocycles. The molecule has 1 amide bonds. The number of nitrogens with zero attached hydrogens (tertiary/aromatic N) is 2. The predicted molar refractivity (Wildman–Crippen MR) is 122 cm³/mol. The van der Waals surface area contributed by atoms with Gasteiger partial charge in [0.15, 0.2) is 0 Å². The lowest BCUT2D eigenvalue weighted by Crippen LogP contribution is -2.50. The zero-order chi connectivity index (χ0) is 22.3. The van der Waals surface area contributed by atoms with Crippen molar-refractivity contribution in [2.24, 2.45) is 0 Å². The summed E-state index contributed by atoms with van der Waals surface area (Å²) in [6, 6.07) is 10.7. The first kappa shape index (κ1) is 22.8. The van der Waals surface area contributed by atoms with Crippen LogP contribution in [0.5, 0.6) is 0 Å². The molecule has 1 aromatic heterocycles. The lowest BCUT2D eigenvalue weighted by molar-refractivity contribution is -0.0244. The molecule has 1 aromatic carbocycles. The Kier molecular flexibility index (Phi) is 7.81. The van der Waals surface area contributed by atoms with Crippen LogP contribution in [0, 0.1) is 0 Å². The quantitative estimate of drug-likeness (QED) is 0.679. The number of H-pyrrole nitrogens is 1. The lowest BCUT2D eigenvalue weighted by Gasteiger charge is -2.41. The van der Waals surface area contributed by atoms with Crippen LogP contribution >= 0.6 is 0 Å². The van der Waals surface area contributed by atoms with Crippen LogP contribution in [0.4, 0.5) is 4.79 Å². The number of hydrogen-bond acceptors (Lipinski definition) is 5. The van der Waals surface area contributed by atoms with Gasteiger partial charge in [0.25, 0.3) is 0 Å². The number of aromatic amines is 1. The molecule has 2 aliphatic rings. The average Bonchev–Trinajstić information content (AvgIpc) is 3.31. The van der Waals surface area contributed by atoms with Gasteiger partial charge in [0.1, 0.15) is 0 Å². The number of carbonyl (C=O) groups is 1. The van der Waals surface area contributed by atoms with Gasteiger partial charge in [0.05, 0.1) is 38.7 Å². The van der Waals surface area contributed by atoms with Gasteiger partial charge in [-0.05, 0) is 50.0 Å². The van der Waals surface area contributed by atoms with Crippen LogP contribution in [-0.2, 0) is 20.8 Å². The van der Waals surface area contributed by atoms with Crippen molar-refractivity contribution >= 4 is 6.09 Å². The first-order chi connectivity index (χ1) is 15.7. The number of aromatic nitrogens is 2. The first-order valence-corrected chi connectivity index (χ1v) is 11.7. The van der Waals surface area contributed by atoms with Crippen molar-refractivity contribution in [3.63, 3.8) is 0 Å². The van der Waals surface area contributed by atoms with Crippen molar-refractivity contribution in [3.05, 3.63) is 53.3 Å². The second-order valence-electron chi connectivity index (χ2n) is 8.94. The summed E-state index contributed by atoms with van der Waals surface area (Å²) < 4.78 is 16.9. The summed E-state index contributed by atoms with van der Waals surface area (Å²) in [5, 5.41) is 7.41. The standard InChI is InChI=1S/C25H35N3O4/c1-30-16-20-15-26-27-24(20)22-9-6-14-28(25(29)31-2)23(22)17-32-21-12-10-19(11-13-21)18-7-4-3-5-8-18/h3-5,7-8,15,19,21-23H,6,9-14,16-17H2,1-2H3,(H,26,27)/t19?,21?,22?,23-/m0/s1. The highest BCUT2D eigenvalue weighted by Gasteiger charge is 2.38. The van der Waals surface area contributed by atoms with Crippen molar-refractivity contribution in [2.75, 3.05) is 27.4 Å². The van der Waals surface area contributed by atoms with Crippen molar-refractivity contribution in [2.45, 2.75) is 69.1 Å². The van der Waals surface area contributed by atoms with Crippen molar-refractivity contribution in [3.8, 4) is 0 Å². The molecule has 0 radical (unpaired) electrons. The fraction of sp³-hybridized carbons (Fsp3) is 0.600. The highest BCUT2D eigenvalue weighted by molar-refractivity contribution is 5.68. The van der Waals surface area contributed by atoms with E-state index in [1.54, 1.807) is 7.11 Å². The van der Waals surface area contributed by atoms with Crippen LogP contribution in [0.15, 0.2) is 36.5 Å². The SMILES string of the molecule is COCc1cn[nH]c1C1CCCN(C(=O)OC)[C@H]1COC1CCC(c2ccccc2)CC1. The minimum absolute atomic E-state index is 0.0842. The topological polar surface area (TPSA) is 76.7 Å². The monoisotopic (exact) mass is 441 g/mol. The van der Waals surface area contributed by atoms with Gasteiger partial charge in [-0.2, -0.15) is 5.10 Å². The van der Waals surface area contributed by atoms with E-state index in [1.165, 1.54) is 12.7 Å². The Balaban J connectivity index is 1.42. The van der Waals surface area contributed by atoms with E-state index >= 15 is 0 Å². The first-order valence-electron chi connectivity index (χ1n) is 11.7. The highest BCUT2D eigenvalue weighted by Crippen LogP contribution is 2.37. The minimum atomic E-state index is -0.288. The van der Waals surface area contributed by atoms with E-state index in [1.807, 2.05) is 11.1 Å². The van der Waals surface area contributed by atoms with E-state index < -0.39 is 0 Å². The number of amides is 1. The van der Waals surface area contributed by atoms with Gasteiger partial charge in [-0.1, -0.05) is 30.3 Å². The maximum Gasteiger partial charge on any atom is 0.409 e. The number of carbonyl (C=O) groups excluding carboxylic acids is 1. The van der Waals surface area contributed by atoms with E-state index in [4.69, 9.17) is 14.2 Å². The Morgan fingerprint density at radius 3 is 2.62 bits per heavy atom. The van der Waals surface area contributed by atoms with Gasteiger partial charge >= 0.3 is 6.09 Å². The molecule has 32 heavy (non-hydrogen) atoms. The second-order valence-corrected chi connectivity index (χ2v) is 8.94. The Labute approximate surface area is 190 Å². The molecule has 7 nitrogen and oxygen atoms in total. The Hall–Kier alpha value is -2.38. The lowest BCUT2D eigenvalue weighted by atomic mass is 9.82. The summed E-state index contributed by atoms with van der Waals surface area (Å²) in [5.74, 6) is 0.739. The molecule has 1 saturated carbocycles. The van der Waals surface area contributed by atoms with E-state index in [0.29, 0.717) is 25.7 Å². The molecule has 2 fully saturated rings. The van der Waals surface area contributed by atoms with Crippen LogP contribution in [0.3, 0.4) is 0 Å². The van der Waals surface area contributed by atoms with Crippen molar-refractivity contribution in [1.82, 2.24) is 15.1 Å². The van der Waals surface area contributed by atoms with Crippen LogP contribution in [0.2, 0.25) is 0 Å². The fourth-order valence-corrected chi connectivity index (χ4v) is 5.38. The normalized spacial score (nSPS) is 26.1. The third-order valence-electron chi connectivity index (χ3n) is 7.06. The molecule has 2 aromatic rings. The number of methoxy groups -OCH3 is 2. The molecule has 1 saturated heterocycles. The Morgan fingerprint density at radius 1 is 1.12 bits per heavy atom. The molecule has 2 atom stereocenters. The Bertz CT molecular complexity index is 848. The van der Waals surface area contributed by atoms with E-state index in [-0.39, 0.29) is 24.2 Å². The highest BCUT2D eigenvalue weighted by atomic mass is 16.5. The maximum absolute atomic E-state index is 12.6. The largest absolute Gasteiger partial charge is 0.453 e. The van der Waals surface area contributed by atoms with Crippen LogP contribution < -0.4 is 0 Å². The molecular weight excluding hydrogens is 406 g/mol. The van der Waals surface area contributed by atoms with Gasteiger partial charge in [0.2, 0.25) is 0 Å². The van der Waals surface area contributed by atoms with E-state index in [2.05, 4.69) is 40.5 Å². The molecule has 174 valence electrons. The second kappa shape index (κ2) is 11.0. The summed E-state index contributed by atoms with van der Waals surface area (Å²) in [6.07, 6.45) is 8.04. The zero-order valence-electron chi connectivity index (χ0n) is 19.2. The predicted octanol–water partition coefficient (Wildman–Crippen LogP) is 4.61. The molecule has 1 N–H and O–H groups in total. The van der Waals surface area contributed by atoms with Gasteiger partial charge in [0, 0.05) is 30.8 Å². The minimum Gasteiger partial charge on any atom is -0.453 e. The van der Waals surface area contributed by atoms with E-state index in [0.717, 1.165) is 49.8 Å². The average molecular weight is 442 g/mol. The van der Waals surface area contributed by atoms with Crippen LogP contribution in [-0.4, -0.2) is 60.7 Å². The van der Waals surface area contributed by atoms with Crippen LogP contribution in [0.25, 0.3) is 0 Å². The summed E-state index contributed by atoms with van der Waals surface area (Å²) in [7, 11) is 3.13. The van der Waals surface area contributed by atoms with Gasteiger partial charge in [-0.25, -0.2) is 4.79 Å². The summed E-state index contributed by atoms with van der Waals surface area (Å²) in [4.78, 5) is 14.4. The van der Waals surface area contributed by atoms with Crippen molar-refractivity contribution in [1.29, 1.82) is 0 Å². The summed E-state index contributed by atoms with van der Waals surface area (Å²) >= 11 is 0. The molecule has 0 bridgehead atoms. The smallest absolute Gasteiger partial charge is 0.409 e. The molecular formula is C25H35N3O4. The Morgan fingerprint density at radius 2 is 1.91 bits per heavy atom. The van der Waals surface area contributed by atoms with Gasteiger partial charge in [-0.15, -0.1) is 0 Å². The van der Waals surface area contributed by atoms with E-state index in [9.17, 15) is 4.79 Å².